The van der Waals surface area contributed by atoms with Crippen LogP contribution in [0.25, 0.3) is 0 Å². The Balaban J connectivity index is 2.66. The highest BCUT2D eigenvalue weighted by Crippen LogP contribution is 2.14. The molecule has 0 heterocycles. The molecule has 1 rings (SSSR count). The first-order valence-electron chi connectivity index (χ1n) is 4.03. The largest absolute Gasteiger partial charge is 0.496 e. The van der Waals surface area contributed by atoms with Gasteiger partial charge in [0.1, 0.15) is 12.0 Å². The van der Waals surface area contributed by atoms with Gasteiger partial charge in [0.05, 0.1) is 7.11 Å². The van der Waals surface area contributed by atoms with Gasteiger partial charge in [0.25, 0.3) is 0 Å². The number of benzene rings is 1. The van der Waals surface area contributed by atoms with Gasteiger partial charge in [-0.3, -0.25) is 0 Å². The Morgan fingerprint density at radius 3 is 2.93 bits per heavy atom. The number of hydrogen-bond acceptors (Lipinski definition) is 3. The molecule has 14 heavy (non-hydrogen) atoms. The van der Waals surface area contributed by atoms with Gasteiger partial charge in [-0.1, -0.05) is 23.2 Å². The molecule has 0 aliphatic heterocycles. The molecule has 0 aliphatic carbocycles. The van der Waals surface area contributed by atoms with E-state index >= 15 is 0 Å². The van der Waals surface area contributed by atoms with Gasteiger partial charge in [-0.2, -0.15) is 0 Å². The lowest BCUT2D eigenvalue weighted by molar-refractivity contribution is 0.181. The second-order valence-corrected chi connectivity index (χ2v) is 2.38. The van der Waals surface area contributed by atoms with Crippen LogP contribution < -0.4 is 4.74 Å². The van der Waals surface area contributed by atoms with Crippen LogP contribution in [-0.2, 0) is 4.84 Å². The molecule has 0 N–H and O–H groups in total. The zero-order valence-corrected chi connectivity index (χ0v) is 7.86. The summed E-state index contributed by atoms with van der Waals surface area (Å²) in [5.41, 5.74) is 0.729. The Bertz CT molecular complexity index is 353. The molecule has 0 aliphatic rings. The van der Waals surface area contributed by atoms with Gasteiger partial charge in [-0.05, 0) is 12.1 Å². The number of terminal acetylenes is 1. The van der Waals surface area contributed by atoms with E-state index in [4.69, 9.17) is 16.0 Å². The van der Waals surface area contributed by atoms with Crippen molar-refractivity contribution in [2.24, 2.45) is 5.16 Å². The molecule has 1 radical (unpaired) electrons. The van der Waals surface area contributed by atoms with Gasteiger partial charge in [0.15, 0.2) is 6.61 Å². The minimum absolute atomic E-state index is 0.141. The first-order chi connectivity index (χ1) is 6.88. The third-order valence-corrected chi connectivity index (χ3v) is 1.49. The summed E-state index contributed by atoms with van der Waals surface area (Å²) < 4.78 is 5.08. The van der Waals surface area contributed by atoms with Gasteiger partial charge in [0, 0.05) is 5.56 Å². The zero-order chi connectivity index (χ0) is 10.2. The van der Waals surface area contributed by atoms with Gasteiger partial charge >= 0.3 is 0 Å². The normalized spacial score (nSPS) is 9.71. The highest BCUT2D eigenvalue weighted by molar-refractivity contribution is 5.82. The van der Waals surface area contributed by atoms with Crippen LogP contribution >= 0.6 is 0 Å². The Labute approximate surface area is 83.3 Å². The monoisotopic (exact) mass is 188 g/mol. The topological polar surface area (TPSA) is 30.8 Å². The van der Waals surface area contributed by atoms with E-state index in [0.717, 1.165) is 5.56 Å². The maximum atomic E-state index is 5.08. The van der Waals surface area contributed by atoms with Crippen molar-refractivity contribution in [3.63, 3.8) is 0 Å². The molecule has 0 aromatic heterocycles. The molecule has 0 fully saturated rings. The van der Waals surface area contributed by atoms with Crippen molar-refractivity contribution in [1.82, 2.24) is 0 Å². The zero-order valence-electron chi connectivity index (χ0n) is 7.86. The van der Waals surface area contributed by atoms with Crippen molar-refractivity contribution < 1.29 is 9.57 Å². The predicted octanol–water partition coefficient (Wildman–Crippen LogP) is 1.56. The number of ether oxygens (including phenoxy) is 1. The van der Waals surface area contributed by atoms with Crippen molar-refractivity contribution in [2.75, 3.05) is 13.7 Å². The van der Waals surface area contributed by atoms with Crippen molar-refractivity contribution in [1.29, 1.82) is 0 Å². The summed E-state index contributed by atoms with van der Waals surface area (Å²) in [5.74, 6) is 2.99. The van der Waals surface area contributed by atoms with Crippen molar-refractivity contribution in [3.05, 3.63) is 29.8 Å². The lowest BCUT2D eigenvalue weighted by atomic mass is 10.2. The minimum Gasteiger partial charge on any atom is -0.496 e. The van der Waals surface area contributed by atoms with Crippen molar-refractivity contribution >= 4 is 6.21 Å². The second kappa shape index (κ2) is 5.65. The Morgan fingerprint density at radius 2 is 2.21 bits per heavy atom. The maximum absolute atomic E-state index is 5.08. The van der Waals surface area contributed by atoms with E-state index in [2.05, 4.69) is 17.3 Å². The molecule has 0 saturated carbocycles. The van der Waals surface area contributed by atoms with Gasteiger partial charge in [-0.25, -0.2) is 0 Å². The summed E-state index contributed by atoms with van der Waals surface area (Å²) in [7, 11) is 1.59. The number of nitrogens with zero attached hydrogens (tertiary/aromatic N) is 1. The summed E-state index contributed by atoms with van der Waals surface area (Å²) in [6, 6.07) is 7.37. The average molecular weight is 188 g/mol. The summed E-state index contributed by atoms with van der Waals surface area (Å²) in [5, 5.41) is 3.57. The van der Waals surface area contributed by atoms with Gasteiger partial charge in [-0.15, -0.1) is 6.42 Å². The van der Waals surface area contributed by atoms with E-state index in [-0.39, 0.29) is 6.61 Å². The highest BCUT2D eigenvalue weighted by Gasteiger charge is 1.97. The van der Waals surface area contributed by atoms with Crippen molar-refractivity contribution in [3.8, 4) is 18.1 Å². The van der Waals surface area contributed by atoms with Crippen LogP contribution in [0.3, 0.4) is 0 Å². The summed E-state index contributed by atoms with van der Waals surface area (Å²) in [4.78, 5) is 4.71. The molecule has 0 bridgehead atoms. The van der Waals surface area contributed by atoms with Crippen LogP contribution in [-0.4, -0.2) is 19.9 Å². The van der Waals surface area contributed by atoms with E-state index in [1.165, 1.54) is 0 Å². The van der Waals surface area contributed by atoms with E-state index in [1.807, 2.05) is 24.3 Å². The summed E-state index contributed by atoms with van der Waals surface area (Å²) in [6.07, 6.45) is 7.66. The fourth-order valence-corrected chi connectivity index (χ4v) is 0.888. The van der Waals surface area contributed by atoms with Crippen LogP contribution in [0.1, 0.15) is 5.56 Å². The third kappa shape index (κ3) is 2.83. The highest BCUT2D eigenvalue weighted by atomic mass is 16.6. The van der Waals surface area contributed by atoms with Crippen LogP contribution in [0, 0.1) is 12.3 Å². The molecule has 3 heteroatoms. The SMILES string of the molecule is C#CCON=[C]c1ccccc1OC. The van der Waals surface area contributed by atoms with Gasteiger partial charge in [0.2, 0.25) is 0 Å². The molecule has 1 aromatic carbocycles. The van der Waals surface area contributed by atoms with Crippen molar-refractivity contribution in [2.45, 2.75) is 0 Å². The summed E-state index contributed by atoms with van der Waals surface area (Å²) >= 11 is 0. The summed E-state index contributed by atoms with van der Waals surface area (Å²) in [6.45, 7) is 0.141. The predicted molar refractivity (Wildman–Crippen MR) is 54.3 cm³/mol. The molecule has 0 amide bonds. The fourth-order valence-electron chi connectivity index (χ4n) is 0.888. The minimum atomic E-state index is 0.141. The maximum Gasteiger partial charge on any atom is 0.177 e. The third-order valence-electron chi connectivity index (χ3n) is 1.49. The molecule has 0 unspecified atom stereocenters. The lowest BCUT2D eigenvalue weighted by Crippen LogP contribution is -1.91. The molecule has 71 valence electrons. The van der Waals surface area contributed by atoms with E-state index in [0.29, 0.717) is 5.75 Å². The van der Waals surface area contributed by atoms with E-state index in [1.54, 1.807) is 7.11 Å². The number of methoxy groups -OCH3 is 1. The average Bonchev–Trinajstić information content (AvgIpc) is 2.25. The Morgan fingerprint density at radius 1 is 1.43 bits per heavy atom. The first kappa shape index (κ1) is 10.1. The smallest absolute Gasteiger partial charge is 0.177 e. The molecule has 0 atom stereocenters. The molecular formula is C11H10NO2. The number of rotatable bonds is 4. The van der Waals surface area contributed by atoms with Crippen LogP contribution in [0.15, 0.2) is 29.4 Å². The van der Waals surface area contributed by atoms with E-state index < -0.39 is 0 Å². The van der Waals surface area contributed by atoms with E-state index in [9.17, 15) is 0 Å². The lowest BCUT2D eigenvalue weighted by Gasteiger charge is -2.01. The molecular weight excluding hydrogens is 178 g/mol. The van der Waals surface area contributed by atoms with Gasteiger partial charge < -0.3 is 9.57 Å². The van der Waals surface area contributed by atoms with Crippen LogP contribution in [0.5, 0.6) is 5.75 Å². The molecule has 3 nitrogen and oxygen atoms in total. The molecule has 0 saturated heterocycles. The quantitative estimate of drug-likeness (QED) is 0.310. The number of para-hydroxylation sites is 1. The first-order valence-corrected chi connectivity index (χ1v) is 4.03. The second-order valence-electron chi connectivity index (χ2n) is 2.38. The molecule has 0 spiro atoms. The Kier molecular flexibility index (Phi) is 4.09. The number of hydrogen-bond donors (Lipinski definition) is 0. The fraction of sp³-hybridized carbons (Fsp3) is 0.182. The standard InChI is InChI=1S/C11H10NO2/c1-3-8-14-12-9-10-6-4-5-7-11(10)13-2/h1,4-7H,8H2,2H3. The Hall–Kier alpha value is -1.95. The van der Waals surface area contributed by atoms with Crippen LogP contribution in [0.4, 0.5) is 0 Å². The molecule has 1 aromatic rings. The van der Waals surface area contributed by atoms with Crippen LogP contribution in [0.2, 0.25) is 0 Å².